The molecule has 0 bridgehead atoms. The minimum absolute atomic E-state index is 0.222. The molecular weight excluding hydrogens is 210 g/mol. The van der Waals surface area contributed by atoms with Crippen LogP contribution >= 0.6 is 0 Å². The van der Waals surface area contributed by atoms with E-state index in [0.717, 1.165) is 0 Å². The highest BCUT2D eigenvalue weighted by molar-refractivity contribution is 5.97. The summed E-state index contributed by atoms with van der Waals surface area (Å²) in [6.45, 7) is 2.76. The molecule has 0 aliphatic carbocycles. The van der Waals surface area contributed by atoms with Gasteiger partial charge in [0.1, 0.15) is 5.75 Å². The molecule has 1 rings (SSSR count). The number of aliphatic carboxylic acids is 1. The molecule has 86 valence electrons. The minimum Gasteiger partial charge on any atom is -0.479 e. The van der Waals surface area contributed by atoms with E-state index in [2.05, 4.69) is 0 Å². The Bertz CT molecular complexity index is 428. The average Bonchev–Trinajstić information content (AvgIpc) is 2.20. The summed E-state index contributed by atoms with van der Waals surface area (Å²) in [5.41, 5.74) is 6.25. The molecule has 0 heterocycles. The van der Waals surface area contributed by atoms with Crippen molar-refractivity contribution in [1.29, 1.82) is 0 Å². The van der Waals surface area contributed by atoms with E-state index in [1.807, 2.05) is 0 Å². The highest BCUT2D eigenvalue weighted by Crippen LogP contribution is 2.23. The number of hydrogen-bond donors (Lipinski definition) is 2. The highest BCUT2D eigenvalue weighted by atomic mass is 16.5. The van der Waals surface area contributed by atoms with Crippen LogP contribution in [0, 0.1) is 0 Å². The summed E-state index contributed by atoms with van der Waals surface area (Å²) >= 11 is 0. The predicted molar refractivity (Wildman–Crippen MR) is 58.6 cm³/mol. The summed E-state index contributed by atoms with van der Waals surface area (Å²) in [5, 5.41) is 8.69. The number of carboxylic acids is 1. The molecule has 5 nitrogen and oxygen atoms in total. The van der Waals surface area contributed by atoms with Crippen LogP contribution in [0.2, 0.25) is 0 Å². The van der Waals surface area contributed by atoms with Crippen LogP contribution in [0.15, 0.2) is 18.2 Å². The monoisotopic (exact) mass is 223 g/mol. The Morgan fingerprint density at radius 1 is 1.44 bits per heavy atom. The lowest BCUT2D eigenvalue weighted by Gasteiger charge is -2.13. The van der Waals surface area contributed by atoms with Crippen molar-refractivity contribution in [2.45, 2.75) is 20.0 Å². The number of anilines is 1. The fourth-order valence-corrected chi connectivity index (χ4v) is 1.17. The summed E-state index contributed by atoms with van der Waals surface area (Å²) in [7, 11) is 0. The van der Waals surface area contributed by atoms with Crippen LogP contribution in [0.1, 0.15) is 24.2 Å². The van der Waals surface area contributed by atoms with E-state index < -0.39 is 12.1 Å². The van der Waals surface area contributed by atoms with Crippen molar-refractivity contribution in [1.82, 2.24) is 0 Å². The number of ether oxygens (including phenoxy) is 1. The zero-order valence-corrected chi connectivity index (χ0v) is 9.06. The molecule has 0 amide bonds. The molecule has 0 saturated heterocycles. The summed E-state index contributed by atoms with van der Waals surface area (Å²) < 4.78 is 5.15. The maximum atomic E-state index is 11.3. The van der Waals surface area contributed by atoms with Gasteiger partial charge >= 0.3 is 5.97 Å². The van der Waals surface area contributed by atoms with Crippen LogP contribution in [-0.2, 0) is 4.79 Å². The van der Waals surface area contributed by atoms with E-state index in [4.69, 9.17) is 15.6 Å². The van der Waals surface area contributed by atoms with Crippen LogP contribution in [-0.4, -0.2) is 23.0 Å². The number of carboxylic acid groups (broad SMARTS) is 1. The predicted octanol–water partition coefficient (Wildman–Crippen LogP) is 1.32. The van der Waals surface area contributed by atoms with E-state index in [-0.39, 0.29) is 17.1 Å². The van der Waals surface area contributed by atoms with Crippen LogP contribution in [0.5, 0.6) is 5.75 Å². The molecule has 0 fully saturated rings. The van der Waals surface area contributed by atoms with Gasteiger partial charge in [0.05, 0.1) is 5.56 Å². The smallest absolute Gasteiger partial charge is 0.344 e. The van der Waals surface area contributed by atoms with E-state index in [0.29, 0.717) is 5.69 Å². The maximum absolute atomic E-state index is 11.3. The summed E-state index contributed by atoms with van der Waals surface area (Å²) in [5.74, 6) is -1.08. The molecule has 0 spiro atoms. The van der Waals surface area contributed by atoms with Gasteiger partial charge in [0, 0.05) is 5.69 Å². The van der Waals surface area contributed by atoms with Gasteiger partial charge in [0.15, 0.2) is 11.9 Å². The van der Waals surface area contributed by atoms with Gasteiger partial charge in [0.2, 0.25) is 0 Å². The van der Waals surface area contributed by atoms with Crippen molar-refractivity contribution in [3.05, 3.63) is 23.8 Å². The molecule has 1 aromatic carbocycles. The number of hydrogen-bond acceptors (Lipinski definition) is 4. The fourth-order valence-electron chi connectivity index (χ4n) is 1.17. The molecule has 3 N–H and O–H groups in total. The lowest BCUT2D eigenvalue weighted by molar-refractivity contribution is -0.144. The number of Topliss-reactive ketones (excluding diaryl/α,β-unsaturated/α-hetero) is 1. The Hall–Kier alpha value is -2.04. The van der Waals surface area contributed by atoms with Crippen LogP contribution in [0.4, 0.5) is 5.69 Å². The third kappa shape index (κ3) is 2.73. The van der Waals surface area contributed by atoms with E-state index in [1.54, 1.807) is 6.07 Å². The van der Waals surface area contributed by atoms with Crippen molar-refractivity contribution in [2.75, 3.05) is 5.73 Å². The third-order valence-electron chi connectivity index (χ3n) is 2.03. The van der Waals surface area contributed by atoms with E-state index >= 15 is 0 Å². The number of nitrogens with two attached hydrogens (primary N) is 1. The highest BCUT2D eigenvalue weighted by Gasteiger charge is 2.16. The topological polar surface area (TPSA) is 89.6 Å². The molecule has 1 aromatic rings. The van der Waals surface area contributed by atoms with E-state index in [9.17, 15) is 9.59 Å². The van der Waals surface area contributed by atoms with Gasteiger partial charge in [-0.05, 0) is 32.0 Å². The number of benzene rings is 1. The van der Waals surface area contributed by atoms with E-state index in [1.165, 1.54) is 26.0 Å². The second kappa shape index (κ2) is 4.65. The summed E-state index contributed by atoms with van der Waals surface area (Å²) in [6, 6.07) is 4.51. The number of nitrogen functional groups attached to an aromatic ring is 1. The lowest BCUT2D eigenvalue weighted by atomic mass is 10.1. The minimum atomic E-state index is -1.09. The Morgan fingerprint density at radius 3 is 2.56 bits per heavy atom. The standard InChI is InChI=1S/C11H13NO4/c1-6(13)9-5-8(12)3-4-10(9)16-7(2)11(14)15/h3-5,7H,12H2,1-2H3,(H,14,15). The normalized spacial score (nSPS) is 11.9. The molecular formula is C11H13NO4. The van der Waals surface area contributed by atoms with Gasteiger partial charge < -0.3 is 15.6 Å². The molecule has 0 aliphatic rings. The molecule has 1 unspecified atom stereocenters. The summed E-state index contributed by atoms with van der Waals surface area (Å²) in [6.07, 6.45) is -1.01. The first-order valence-corrected chi connectivity index (χ1v) is 4.71. The SMILES string of the molecule is CC(=O)c1cc(N)ccc1OC(C)C(=O)O. The van der Waals surface area contributed by atoms with Crippen molar-refractivity contribution in [3.8, 4) is 5.75 Å². The van der Waals surface area contributed by atoms with Gasteiger partial charge in [-0.1, -0.05) is 0 Å². The number of carbonyl (C=O) groups is 2. The first-order chi connectivity index (χ1) is 7.41. The van der Waals surface area contributed by atoms with Crippen molar-refractivity contribution in [2.24, 2.45) is 0 Å². The van der Waals surface area contributed by atoms with Gasteiger partial charge in [-0.15, -0.1) is 0 Å². The van der Waals surface area contributed by atoms with Gasteiger partial charge in [0.25, 0.3) is 0 Å². The van der Waals surface area contributed by atoms with Gasteiger partial charge in [-0.25, -0.2) is 4.79 Å². The average molecular weight is 223 g/mol. The maximum Gasteiger partial charge on any atom is 0.344 e. The number of carbonyl (C=O) groups excluding carboxylic acids is 1. The molecule has 0 aromatic heterocycles. The first-order valence-electron chi connectivity index (χ1n) is 4.71. The third-order valence-corrected chi connectivity index (χ3v) is 2.03. The summed E-state index contributed by atoms with van der Waals surface area (Å²) in [4.78, 5) is 21.9. The number of ketones is 1. The lowest BCUT2D eigenvalue weighted by Crippen LogP contribution is -2.23. The zero-order valence-electron chi connectivity index (χ0n) is 9.06. The quantitative estimate of drug-likeness (QED) is 0.593. The van der Waals surface area contributed by atoms with Crippen LogP contribution in [0.25, 0.3) is 0 Å². The Balaban J connectivity index is 3.04. The first kappa shape index (κ1) is 12.0. The van der Waals surface area contributed by atoms with Crippen LogP contribution < -0.4 is 10.5 Å². The van der Waals surface area contributed by atoms with Crippen molar-refractivity contribution < 1.29 is 19.4 Å². The largest absolute Gasteiger partial charge is 0.479 e. The Morgan fingerprint density at radius 2 is 2.06 bits per heavy atom. The zero-order chi connectivity index (χ0) is 12.3. The molecule has 16 heavy (non-hydrogen) atoms. The molecule has 0 saturated carbocycles. The van der Waals surface area contributed by atoms with Gasteiger partial charge in [-0.3, -0.25) is 4.79 Å². The molecule has 1 atom stereocenters. The second-order valence-corrected chi connectivity index (χ2v) is 3.41. The number of rotatable bonds is 4. The van der Waals surface area contributed by atoms with Crippen LogP contribution in [0.3, 0.4) is 0 Å². The van der Waals surface area contributed by atoms with Crippen molar-refractivity contribution >= 4 is 17.4 Å². The molecule has 0 aliphatic heterocycles. The Labute approximate surface area is 92.8 Å². The molecule has 5 heteroatoms. The fraction of sp³-hybridized carbons (Fsp3) is 0.273. The molecule has 0 radical (unpaired) electrons. The van der Waals surface area contributed by atoms with Crippen molar-refractivity contribution in [3.63, 3.8) is 0 Å². The van der Waals surface area contributed by atoms with Gasteiger partial charge in [-0.2, -0.15) is 0 Å². The Kier molecular flexibility index (Phi) is 3.50. The second-order valence-electron chi connectivity index (χ2n) is 3.41.